The molecule has 0 saturated carbocycles. The van der Waals surface area contributed by atoms with Crippen molar-refractivity contribution < 1.29 is 80.2 Å². The lowest BCUT2D eigenvalue weighted by atomic mass is 9.99. The molecule has 3 N–H and O–H groups in total. The molecule has 0 bridgehead atoms. The second-order valence-electron chi connectivity index (χ2n) is 32.0. The van der Waals surface area contributed by atoms with E-state index >= 15 is 0 Å². The predicted octanol–water partition coefficient (Wildman–Crippen LogP) is 26.6. The number of hydrogen-bond acceptors (Lipinski definition) is 15. The van der Waals surface area contributed by atoms with Gasteiger partial charge in [-0.05, 0) is 37.5 Å². The largest absolute Gasteiger partial charge is 0.472 e. The molecule has 0 aromatic carbocycles. The van der Waals surface area contributed by atoms with Crippen LogP contribution in [0.25, 0.3) is 0 Å². The van der Waals surface area contributed by atoms with Crippen LogP contribution in [0.5, 0.6) is 0 Å². The summed E-state index contributed by atoms with van der Waals surface area (Å²) in [7, 11) is -9.93. The highest BCUT2D eigenvalue weighted by Crippen LogP contribution is 2.45. The van der Waals surface area contributed by atoms with Crippen LogP contribution >= 0.6 is 15.6 Å². The van der Waals surface area contributed by atoms with E-state index in [0.717, 1.165) is 102 Å². The Kier molecular flexibility index (Phi) is 76.9. The number of carbonyl (C=O) groups is 4. The molecule has 0 aromatic heterocycles. The molecular weight excluding hydrogens is 1380 g/mol. The van der Waals surface area contributed by atoms with Crippen LogP contribution in [0.3, 0.4) is 0 Å². The summed E-state index contributed by atoms with van der Waals surface area (Å²) in [6, 6.07) is 0. The molecule has 0 aliphatic heterocycles. The Morgan fingerprint density at radius 2 is 0.481 bits per heavy atom. The molecule has 0 aromatic rings. The van der Waals surface area contributed by atoms with Crippen LogP contribution in [-0.2, 0) is 65.4 Å². The van der Waals surface area contributed by atoms with Crippen molar-refractivity contribution in [2.75, 3.05) is 39.6 Å². The van der Waals surface area contributed by atoms with E-state index in [1.165, 1.54) is 276 Å². The second kappa shape index (κ2) is 78.3. The van der Waals surface area contributed by atoms with E-state index in [4.69, 9.17) is 37.0 Å². The zero-order chi connectivity index (χ0) is 77.8. The average molecular weight is 1550 g/mol. The molecule has 0 heterocycles. The highest BCUT2D eigenvalue weighted by molar-refractivity contribution is 7.47. The van der Waals surface area contributed by atoms with E-state index < -0.39 is 97.5 Å². The van der Waals surface area contributed by atoms with Crippen molar-refractivity contribution in [3.8, 4) is 0 Å². The average Bonchev–Trinajstić information content (AvgIpc) is 0.903. The van der Waals surface area contributed by atoms with Gasteiger partial charge in [0.05, 0.1) is 26.4 Å². The fourth-order valence-corrected chi connectivity index (χ4v) is 15.1. The molecule has 106 heavy (non-hydrogen) atoms. The van der Waals surface area contributed by atoms with Crippen LogP contribution in [0, 0.1) is 11.8 Å². The minimum atomic E-state index is -4.97. The van der Waals surface area contributed by atoms with Crippen molar-refractivity contribution in [1.29, 1.82) is 0 Å². The van der Waals surface area contributed by atoms with Gasteiger partial charge in [-0.1, -0.05) is 414 Å². The topological polar surface area (TPSA) is 237 Å². The van der Waals surface area contributed by atoms with Gasteiger partial charge in [0.1, 0.15) is 19.3 Å². The number of phosphoric ester groups is 2. The van der Waals surface area contributed by atoms with Crippen molar-refractivity contribution in [1.82, 2.24) is 0 Å². The van der Waals surface area contributed by atoms with E-state index in [1.54, 1.807) is 0 Å². The minimum absolute atomic E-state index is 0.106. The lowest BCUT2D eigenvalue weighted by Gasteiger charge is -2.21. The predicted molar refractivity (Wildman–Crippen MR) is 437 cm³/mol. The lowest BCUT2D eigenvalue weighted by Crippen LogP contribution is -2.30. The van der Waals surface area contributed by atoms with E-state index in [1.807, 2.05) is 0 Å². The number of hydrogen-bond donors (Lipinski definition) is 3. The third kappa shape index (κ3) is 78.7. The summed E-state index contributed by atoms with van der Waals surface area (Å²) in [5.74, 6) is -0.624. The molecule has 0 saturated heterocycles. The Labute approximate surface area is 651 Å². The third-order valence-corrected chi connectivity index (χ3v) is 22.7. The summed E-state index contributed by atoms with van der Waals surface area (Å²) < 4.78 is 68.8. The Morgan fingerprint density at radius 1 is 0.274 bits per heavy atom. The first-order chi connectivity index (χ1) is 51.4. The Morgan fingerprint density at radius 3 is 0.717 bits per heavy atom. The van der Waals surface area contributed by atoms with Gasteiger partial charge in [0.2, 0.25) is 0 Å². The SMILES string of the molecule is CCCCCCCCCCCCCCCCCCCCCCCCC(=O)O[C@H](COC(=O)CCCCCCCCCCCCCCCCCCCCCCC)COP(=O)(O)OC[C@@H](O)COP(=O)(O)OC[C@@H](COC(=O)CCCCCCCCC(C)C)OC(=O)CCCCCCCCCCCCC(C)CC. The van der Waals surface area contributed by atoms with Crippen LogP contribution in [0.2, 0.25) is 0 Å². The Bertz CT molecular complexity index is 2030. The molecule has 3 unspecified atom stereocenters. The van der Waals surface area contributed by atoms with Gasteiger partial charge >= 0.3 is 39.5 Å². The van der Waals surface area contributed by atoms with Crippen molar-refractivity contribution >= 4 is 39.5 Å². The van der Waals surface area contributed by atoms with Crippen molar-refractivity contribution in [3.63, 3.8) is 0 Å². The first-order valence-electron chi connectivity index (χ1n) is 45.0. The fraction of sp³-hybridized carbons (Fsp3) is 0.954. The lowest BCUT2D eigenvalue weighted by molar-refractivity contribution is -0.161. The van der Waals surface area contributed by atoms with Crippen LogP contribution in [-0.4, -0.2) is 96.7 Å². The number of unbranched alkanes of at least 4 members (excludes halogenated alkanes) is 55. The fourth-order valence-electron chi connectivity index (χ4n) is 13.6. The molecule has 17 nitrogen and oxygen atoms in total. The molecule has 0 amide bonds. The van der Waals surface area contributed by atoms with Gasteiger partial charge in [-0.2, -0.15) is 0 Å². The molecule has 0 fully saturated rings. The monoisotopic (exact) mass is 1550 g/mol. The summed E-state index contributed by atoms with van der Waals surface area (Å²) in [5, 5.41) is 10.7. The number of aliphatic hydroxyl groups is 1. The van der Waals surface area contributed by atoms with Crippen molar-refractivity contribution in [3.05, 3.63) is 0 Å². The molecule has 0 radical (unpaired) electrons. The summed E-state index contributed by atoms with van der Waals surface area (Å²) in [6.07, 6.45) is 71.2. The van der Waals surface area contributed by atoms with E-state index in [9.17, 15) is 43.2 Å². The third-order valence-electron chi connectivity index (χ3n) is 20.8. The van der Waals surface area contributed by atoms with Gasteiger partial charge in [0, 0.05) is 25.7 Å². The Balaban J connectivity index is 5.19. The first-order valence-corrected chi connectivity index (χ1v) is 48.0. The van der Waals surface area contributed by atoms with Crippen LogP contribution in [0.15, 0.2) is 0 Å². The van der Waals surface area contributed by atoms with Gasteiger partial charge < -0.3 is 33.8 Å². The quantitative estimate of drug-likeness (QED) is 0.0222. The molecule has 0 rings (SSSR count). The molecular formula is C87H170O17P2. The molecule has 0 aliphatic carbocycles. The number of esters is 4. The van der Waals surface area contributed by atoms with E-state index in [2.05, 4.69) is 41.5 Å². The maximum Gasteiger partial charge on any atom is 0.472 e. The van der Waals surface area contributed by atoms with Crippen molar-refractivity contribution in [2.45, 2.75) is 484 Å². The highest BCUT2D eigenvalue weighted by Gasteiger charge is 2.30. The number of aliphatic hydroxyl groups excluding tert-OH is 1. The van der Waals surface area contributed by atoms with Gasteiger partial charge in [-0.25, -0.2) is 9.13 Å². The summed E-state index contributed by atoms with van der Waals surface area (Å²) >= 11 is 0. The summed E-state index contributed by atoms with van der Waals surface area (Å²) in [5.41, 5.74) is 0. The zero-order valence-corrected chi connectivity index (χ0v) is 71.5. The van der Waals surface area contributed by atoms with Gasteiger partial charge in [-0.3, -0.25) is 37.3 Å². The maximum absolute atomic E-state index is 13.2. The zero-order valence-electron chi connectivity index (χ0n) is 69.7. The van der Waals surface area contributed by atoms with Crippen LogP contribution in [0.4, 0.5) is 0 Å². The number of rotatable bonds is 86. The molecule has 0 aliphatic rings. The second-order valence-corrected chi connectivity index (χ2v) is 34.9. The summed E-state index contributed by atoms with van der Waals surface area (Å²) in [6.45, 7) is 9.60. The van der Waals surface area contributed by atoms with Crippen LogP contribution < -0.4 is 0 Å². The van der Waals surface area contributed by atoms with Gasteiger partial charge in [0.15, 0.2) is 12.2 Å². The maximum atomic E-state index is 13.2. The van der Waals surface area contributed by atoms with Crippen molar-refractivity contribution in [2.24, 2.45) is 11.8 Å². The molecule has 0 spiro atoms. The van der Waals surface area contributed by atoms with Gasteiger partial charge in [-0.15, -0.1) is 0 Å². The van der Waals surface area contributed by atoms with E-state index in [0.29, 0.717) is 31.6 Å². The number of phosphoric acid groups is 2. The molecule has 19 heteroatoms. The smallest absolute Gasteiger partial charge is 0.462 e. The molecule has 6 atom stereocenters. The number of ether oxygens (including phenoxy) is 4. The summed E-state index contributed by atoms with van der Waals surface area (Å²) in [4.78, 5) is 73.2. The normalized spacial score (nSPS) is 14.1. The standard InChI is InChI=1S/C87H170O17P2/c1-7-10-12-14-16-18-20-22-24-26-28-30-32-34-36-38-40-42-47-51-59-65-71-86(91)103-82(75-97-84(89)69-63-57-50-46-41-39-37-35-33-31-29-27-25-23-21-19-17-15-13-11-8-2)77-101-105(93,94)99-73-81(88)74-100-106(95,96)102-78-83(76-98-85(90)70-64-58-54-53-55-61-67-79(4)5)104-87(92)72-66-60-52-48-44-43-45-49-56-62-68-80(6)9-3/h79-83,88H,7-78H2,1-6H3,(H,93,94)(H,95,96)/t80?,81-,82-,83-/m1/s1. The Hall–Kier alpha value is -1.94. The first kappa shape index (κ1) is 104. The van der Waals surface area contributed by atoms with Crippen LogP contribution in [0.1, 0.15) is 465 Å². The molecule has 630 valence electrons. The van der Waals surface area contributed by atoms with E-state index in [-0.39, 0.29) is 25.7 Å². The highest BCUT2D eigenvalue weighted by atomic mass is 31.2. The number of carbonyl (C=O) groups excluding carboxylic acids is 4. The van der Waals surface area contributed by atoms with Gasteiger partial charge in [0.25, 0.3) is 0 Å². The minimum Gasteiger partial charge on any atom is -0.462 e.